The summed E-state index contributed by atoms with van der Waals surface area (Å²) in [7, 11) is 1.30. The van der Waals surface area contributed by atoms with E-state index in [-0.39, 0.29) is 11.3 Å². The predicted octanol–water partition coefficient (Wildman–Crippen LogP) is 3.13. The highest BCUT2D eigenvalue weighted by molar-refractivity contribution is 5.98. The number of para-hydroxylation sites is 1. The normalized spacial score (nSPS) is 15.5. The van der Waals surface area contributed by atoms with Crippen LogP contribution in [-0.4, -0.2) is 27.7 Å². The van der Waals surface area contributed by atoms with Gasteiger partial charge in [0.05, 0.1) is 18.2 Å². The van der Waals surface area contributed by atoms with Gasteiger partial charge in [0, 0.05) is 22.7 Å². The van der Waals surface area contributed by atoms with Crippen molar-refractivity contribution in [2.45, 2.75) is 12.5 Å². The van der Waals surface area contributed by atoms with Gasteiger partial charge < -0.3 is 14.8 Å². The molecule has 6 heteroatoms. The molecular formula is C21H16N2O4. The minimum absolute atomic E-state index is 0.0217. The van der Waals surface area contributed by atoms with Gasteiger partial charge in [-0.25, -0.2) is 4.79 Å². The Labute approximate surface area is 153 Å². The predicted molar refractivity (Wildman–Crippen MR) is 102 cm³/mol. The third kappa shape index (κ3) is 2.01. The van der Waals surface area contributed by atoms with E-state index >= 15 is 0 Å². The smallest absolute Gasteiger partial charge is 0.329 e. The molecule has 0 amide bonds. The SMILES string of the molecule is COC(=O)[C@@H]1Cc2c([nH]c3ccccc23)-c2c(O)c3ccccc3c(=O)n21. The molecule has 4 aromatic rings. The molecule has 0 unspecified atom stereocenters. The zero-order chi connectivity index (χ0) is 18.7. The van der Waals surface area contributed by atoms with Gasteiger partial charge in [-0.05, 0) is 17.7 Å². The molecular weight excluding hydrogens is 344 g/mol. The number of aromatic amines is 1. The van der Waals surface area contributed by atoms with Crippen LogP contribution < -0.4 is 5.56 Å². The molecule has 1 atom stereocenters. The second kappa shape index (κ2) is 5.48. The van der Waals surface area contributed by atoms with Gasteiger partial charge >= 0.3 is 5.97 Å². The molecule has 2 aromatic carbocycles. The van der Waals surface area contributed by atoms with Crippen molar-refractivity contribution in [3.63, 3.8) is 0 Å². The molecule has 0 saturated carbocycles. The number of hydrogen-bond acceptors (Lipinski definition) is 4. The maximum atomic E-state index is 13.2. The number of nitrogens with zero attached hydrogens (tertiary/aromatic N) is 1. The summed E-state index contributed by atoms with van der Waals surface area (Å²) in [6.07, 6.45) is 0.316. The van der Waals surface area contributed by atoms with E-state index in [1.807, 2.05) is 24.3 Å². The van der Waals surface area contributed by atoms with Gasteiger partial charge in [0.15, 0.2) is 0 Å². The summed E-state index contributed by atoms with van der Waals surface area (Å²) in [5, 5.41) is 12.8. The van der Waals surface area contributed by atoms with Crippen LogP contribution in [0.25, 0.3) is 33.1 Å². The number of aromatic nitrogens is 2. The van der Waals surface area contributed by atoms with Gasteiger partial charge in [0.25, 0.3) is 5.56 Å². The first-order valence-electron chi connectivity index (χ1n) is 8.65. The minimum atomic E-state index is -0.834. The lowest BCUT2D eigenvalue weighted by Crippen LogP contribution is -2.35. The van der Waals surface area contributed by atoms with E-state index in [1.54, 1.807) is 24.3 Å². The average molecular weight is 360 g/mol. The molecule has 2 N–H and O–H groups in total. The van der Waals surface area contributed by atoms with Crippen LogP contribution in [0, 0.1) is 0 Å². The first-order chi connectivity index (χ1) is 13.1. The monoisotopic (exact) mass is 360 g/mol. The van der Waals surface area contributed by atoms with Crippen molar-refractivity contribution in [3.8, 4) is 17.1 Å². The largest absolute Gasteiger partial charge is 0.505 e. The van der Waals surface area contributed by atoms with E-state index in [0.717, 1.165) is 16.5 Å². The van der Waals surface area contributed by atoms with Crippen LogP contribution in [0.1, 0.15) is 11.6 Å². The second-order valence-electron chi connectivity index (χ2n) is 6.69. The standard InChI is InChI=1S/C21H16N2O4/c1-27-21(26)16-10-14-11-6-4-5-9-15(11)22-17(14)18-19(24)12-7-2-3-8-13(12)20(25)23(16)18/h2-9,16,22,24H,10H2,1H3/t16-/m0/s1. The topological polar surface area (TPSA) is 84.3 Å². The summed E-state index contributed by atoms with van der Waals surface area (Å²) < 4.78 is 6.33. The van der Waals surface area contributed by atoms with Gasteiger partial charge in [-0.15, -0.1) is 0 Å². The number of carbonyl (C=O) groups excluding carboxylic acids is 1. The number of aromatic hydroxyl groups is 1. The van der Waals surface area contributed by atoms with Gasteiger partial charge in [-0.2, -0.15) is 0 Å². The molecule has 1 aliphatic rings. The number of hydrogen-bond donors (Lipinski definition) is 2. The van der Waals surface area contributed by atoms with Crippen molar-refractivity contribution in [1.29, 1.82) is 0 Å². The van der Waals surface area contributed by atoms with Gasteiger partial charge in [0.2, 0.25) is 0 Å². The number of fused-ring (bicyclic) bond motifs is 6. The molecule has 0 spiro atoms. The molecule has 0 saturated heterocycles. The molecule has 5 rings (SSSR count). The Hall–Kier alpha value is -3.54. The maximum absolute atomic E-state index is 13.2. The van der Waals surface area contributed by atoms with Crippen molar-refractivity contribution in [2.75, 3.05) is 7.11 Å². The van der Waals surface area contributed by atoms with Crippen LogP contribution >= 0.6 is 0 Å². The molecule has 0 radical (unpaired) electrons. The van der Waals surface area contributed by atoms with Crippen molar-refractivity contribution < 1.29 is 14.6 Å². The second-order valence-corrected chi connectivity index (χ2v) is 6.69. The zero-order valence-electron chi connectivity index (χ0n) is 14.5. The number of esters is 1. The quantitative estimate of drug-likeness (QED) is 0.511. The van der Waals surface area contributed by atoms with Gasteiger partial charge in [-0.3, -0.25) is 9.36 Å². The highest BCUT2D eigenvalue weighted by Gasteiger charge is 2.36. The Morgan fingerprint density at radius 3 is 2.52 bits per heavy atom. The Balaban J connectivity index is 1.98. The van der Waals surface area contributed by atoms with E-state index in [2.05, 4.69) is 4.98 Å². The highest BCUT2D eigenvalue weighted by atomic mass is 16.5. The van der Waals surface area contributed by atoms with Crippen molar-refractivity contribution in [2.24, 2.45) is 0 Å². The van der Waals surface area contributed by atoms with Gasteiger partial charge in [0.1, 0.15) is 17.5 Å². The number of carbonyl (C=O) groups is 1. The minimum Gasteiger partial charge on any atom is -0.505 e. The van der Waals surface area contributed by atoms with Crippen molar-refractivity contribution in [3.05, 3.63) is 64.4 Å². The fraction of sp³-hybridized carbons (Fsp3) is 0.143. The van der Waals surface area contributed by atoms with Crippen LogP contribution in [0.5, 0.6) is 5.75 Å². The van der Waals surface area contributed by atoms with E-state index in [9.17, 15) is 14.7 Å². The van der Waals surface area contributed by atoms with E-state index in [0.29, 0.717) is 28.6 Å². The summed E-state index contributed by atoms with van der Waals surface area (Å²) in [6.45, 7) is 0. The number of ether oxygens (including phenoxy) is 1. The fourth-order valence-corrected chi connectivity index (χ4v) is 4.11. The molecule has 1 aliphatic heterocycles. The number of rotatable bonds is 1. The van der Waals surface area contributed by atoms with Crippen molar-refractivity contribution >= 4 is 27.6 Å². The van der Waals surface area contributed by atoms with Crippen LogP contribution in [-0.2, 0) is 16.0 Å². The lowest BCUT2D eigenvalue weighted by atomic mass is 9.94. The lowest BCUT2D eigenvalue weighted by molar-refractivity contribution is -0.144. The average Bonchev–Trinajstić information content (AvgIpc) is 3.08. The van der Waals surface area contributed by atoms with Crippen LogP contribution in [0.15, 0.2) is 53.3 Å². The van der Waals surface area contributed by atoms with Gasteiger partial charge in [-0.1, -0.05) is 36.4 Å². The van der Waals surface area contributed by atoms with Crippen LogP contribution in [0.2, 0.25) is 0 Å². The first kappa shape index (κ1) is 15.7. The zero-order valence-corrected chi connectivity index (χ0v) is 14.5. The molecule has 0 aliphatic carbocycles. The highest BCUT2D eigenvalue weighted by Crippen LogP contribution is 2.43. The number of methoxy groups -OCH3 is 1. The molecule has 6 nitrogen and oxygen atoms in total. The van der Waals surface area contributed by atoms with Crippen LogP contribution in [0.3, 0.4) is 0 Å². The summed E-state index contributed by atoms with van der Waals surface area (Å²) in [5.74, 6) is -0.532. The van der Waals surface area contributed by atoms with Crippen LogP contribution in [0.4, 0.5) is 0 Å². The fourth-order valence-electron chi connectivity index (χ4n) is 4.11. The summed E-state index contributed by atoms with van der Waals surface area (Å²) in [5.41, 5.74) is 2.45. The first-order valence-corrected chi connectivity index (χ1v) is 8.65. The molecule has 27 heavy (non-hydrogen) atoms. The summed E-state index contributed by atoms with van der Waals surface area (Å²) >= 11 is 0. The van der Waals surface area contributed by atoms with E-state index < -0.39 is 12.0 Å². The molecule has 0 bridgehead atoms. The van der Waals surface area contributed by atoms with Crippen molar-refractivity contribution in [1.82, 2.24) is 9.55 Å². The Morgan fingerprint density at radius 2 is 1.78 bits per heavy atom. The number of H-pyrrole nitrogens is 1. The molecule has 134 valence electrons. The lowest BCUT2D eigenvalue weighted by Gasteiger charge is -2.27. The molecule has 3 heterocycles. The summed E-state index contributed by atoms with van der Waals surface area (Å²) in [4.78, 5) is 29.0. The maximum Gasteiger partial charge on any atom is 0.329 e. The Morgan fingerprint density at radius 1 is 1.11 bits per heavy atom. The Kier molecular flexibility index (Phi) is 3.18. The molecule has 0 fully saturated rings. The molecule has 2 aromatic heterocycles. The van der Waals surface area contributed by atoms with E-state index in [1.165, 1.54) is 11.7 Å². The third-order valence-electron chi connectivity index (χ3n) is 5.33. The number of pyridine rings is 1. The van der Waals surface area contributed by atoms with E-state index in [4.69, 9.17) is 4.74 Å². The third-order valence-corrected chi connectivity index (χ3v) is 5.33. The summed E-state index contributed by atoms with van der Waals surface area (Å²) in [6, 6.07) is 13.8. The number of nitrogens with one attached hydrogen (secondary N) is 1. The Bertz CT molecular complexity index is 1300. The number of benzene rings is 2.